The van der Waals surface area contributed by atoms with Crippen LogP contribution in [0.4, 0.5) is 0 Å². The molecule has 2 N–H and O–H groups in total. The molecule has 1 aliphatic heterocycles. The number of benzene rings is 1. The van der Waals surface area contributed by atoms with Crippen LogP contribution in [0.3, 0.4) is 0 Å². The third-order valence-electron chi connectivity index (χ3n) is 4.22. The van der Waals surface area contributed by atoms with Crippen molar-refractivity contribution in [3.8, 4) is 28.1 Å². The minimum atomic E-state index is -1.01. The third-order valence-corrected chi connectivity index (χ3v) is 5.32. The fourth-order valence-electron chi connectivity index (χ4n) is 3.09. The molecule has 0 amide bonds. The second kappa shape index (κ2) is 6.47. The largest absolute Gasteiger partial charge is 0.493 e. The van der Waals surface area contributed by atoms with Gasteiger partial charge in [0.2, 0.25) is 5.01 Å². The standard InChI is InChI=1S/C19H19N3O4S/c1-19(2,25)10-22-9-12(8-20-22)11-3-4-14-13(7-11)16-15(5-6-26-14)27-17(21-16)18(23)24/h3-4,7-9,25H,5-6,10H2,1-2H3,(H,23,24). The minimum Gasteiger partial charge on any atom is -0.493 e. The lowest BCUT2D eigenvalue weighted by Gasteiger charge is -2.16. The van der Waals surface area contributed by atoms with Crippen LogP contribution >= 0.6 is 11.3 Å². The Morgan fingerprint density at radius 2 is 2.19 bits per heavy atom. The Morgan fingerprint density at radius 1 is 1.37 bits per heavy atom. The average molecular weight is 385 g/mol. The second-order valence-electron chi connectivity index (χ2n) is 7.14. The number of thiazole rings is 1. The number of rotatable bonds is 4. The summed E-state index contributed by atoms with van der Waals surface area (Å²) in [5, 5.41) is 23.6. The van der Waals surface area contributed by atoms with E-state index < -0.39 is 11.6 Å². The predicted octanol–water partition coefficient (Wildman–Crippen LogP) is 3.08. The van der Waals surface area contributed by atoms with Gasteiger partial charge >= 0.3 is 5.97 Å². The smallest absolute Gasteiger partial charge is 0.365 e. The molecular weight excluding hydrogens is 366 g/mol. The quantitative estimate of drug-likeness (QED) is 0.716. The predicted molar refractivity (Wildman–Crippen MR) is 101 cm³/mol. The van der Waals surface area contributed by atoms with Gasteiger partial charge in [-0.2, -0.15) is 5.10 Å². The molecule has 0 unspecified atom stereocenters. The van der Waals surface area contributed by atoms with Crippen LogP contribution < -0.4 is 4.74 Å². The summed E-state index contributed by atoms with van der Waals surface area (Å²) in [5.41, 5.74) is 2.45. The number of ether oxygens (including phenoxy) is 1. The second-order valence-corrected chi connectivity index (χ2v) is 8.23. The Labute approximate surface area is 159 Å². The number of hydrogen-bond donors (Lipinski definition) is 2. The Hall–Kier alpha value is -2.71. The Kier molecular flexibility index (Phi) is 4.24. The molecule has 1 aromatic carbocycles. The van der Waals surface area contributed by atoms with E-state index in [1.54, 1.807) is 24.7 Å². The van der Waals surface area contributed by atoms with Crippen LogP contribution in [0.1, 0.15) is 28.5 Å². The van der Waals surface area contributed by atoms with Crippen LogP contribution in [0.2, 0.25) is 0 Å². The van der Waals surface area contributed by atoms with E-state index in [-0.39, 0.29) is 5.01 Å². The molecule has 0 atom stereocenters. The van der Waals surface area contributed by atoms with Gasteiger partial charge in [0.1, 0.15) is 5.75 Å². The summed E-state index contributed by atoms with van der Waals surface area (Å²) in [7, 11) is 0. The van der Waals surface area contributed by atoms with Crippen LogP contribution in [0, 0.1) is 0 Å². The third kappa shape index (κ3) is 3.58. The van der Waals surface area contributed by atoms with Crippen molar-refractivity contribution in [3.63, 3.8) is 0 Å². The zero-order valence-corrected chi connectivity index (χ0v) is 15.8. The molecule has 0 fully saturated rings. The number of nitrogens with zero attached hydrogens (tertiary/aromatic N) is 3. The van der Waals surface area contributed by atoms with Crippen molar-refractivity contribution in [3.05, 3.63) is 40.5 Å². The molecular formula is C19H19N3O4S. The highest BCUT2D eigenvalue weighted by atomic mass is 32.1. The highest BCUT2D eigenvalue weighted by Gasteiger charge is 2.23. The van der Waals surface area contributed by atoms with Crippen LogP contribution in [0.25, 0.3) is 22.4 Å². The first-order valence-corrected chi connectivity index (χ1v) is 9.37. The Balaban J connectivity index is 1.75. The van der Waals surface area contributed by atoms with Crippen LogP contribution in [0.5, 0.6) is 5.75 Å². The summed E-state index contributed by atoms with van der Waals surface area (Å²) in [5.74, 6) is -0.316. The highest BCUT2D eigenvalue weighted by Crippen LogP contribution is 2.39. The van der Waals surface area contributed by atoms with Gasteiger partial charge < -0.3 is 14.9 Å². The molecule has 1 aliphatic rings. The van der Waals surface area contributed by atoms with Crippen molar-refractivity contribution < 1.29 is 19.7 Å². The first-order valence-electron chi connectivity index (χ1n) is 8.55. The molecule has 4 rings (SSSR count). The Morgan fingerprint density at radius 3 is 2.93 bits per heavy atom. The van der Waals surface area contributed by atoms with Gasteiger partial charge in [-0.1, -0.05) is 6.07 Å². The summed E-state index contributed by atoms with van der Waals surface area (Å²) in [6.45, 7) is 4.35. The van der Waals surface area contributed by atoms with Gasteiger partial charge in [0, 0.05) is 28.6 Å². The maximum Gasteiger partial charge on any atom is 0.365 e. The Bertz CT molecular complexity index is 1020. The monoisotopic (exact) mass is 385 g/mol. The summed E-state index contributed by atoms with van der Waals surface area (Å²) in [6.07, 6.45) is 4.26. The van der Waals surface area contributed by atoms with Gasteiger partial charge in [-0.3, -0.25) is 4.68 Å². The van der Waals surface area contributed by atoms with Gasteiger partial charge in [0.05, 0.1) is 30.6 Å². The van der Waals surface area contributed by atoms with Gasteiger partial charge in [-0.25, -0.2) is 9.78 Å². The molecule has 27 heavy (non-hydrogen) atoms. The lowest BCUT2D eigenvalue weighted by atomic mass is 10.0. The summed E-state index contributed by atoms with van der Waals surface area (Å²) in [4.78, 5) is 16.5. The molecule has 140 valence electrons. The summed E-state index contributed by atoms with van der Waals surface area (Å²) < 4.78 is 7.52. The van der Waals surface area contributed by atoms with Crippen LogP contribution in [-0.4, -0.2) is 43.2 Å². The first-order chi connectivity index (χ1) is 12.8. The number of aromatic carboxylic acids is 1. The SMILES string of the molecule is CC(C)(O)Cn1cc(-c2ccc3c(c2)-c2nc(C(=O)O)sc2CCO3)cn1. The maximum absolute atomic E-state index is 11.3. The van der Waals surface area contributed by atoms with E-state index in [2.05, 4.69) is 10.1 Å². The van der Waals surface area contributed by atoms with Gasteiger partial charge in [0.15, 0.2) is 0 Å². The molecule has 0 spiro atoms. The molecule has 0 saturated heterocycles. The number of carboxylic acids is 1. The lowest BCUT2D eigenvalue weighted by Crippen LogP contribution is -2.26. The zero-order valence-electron chi connectivity index (χ0n) is 15.0. The van der Waals surface area contributed by atoms with Crippen molar-refractivity contribution >= 4 is 17.3 Å². The van der Waals surface area contributed by atoms with Gasteiger partial charge in [-0.15, -0.1) is 11.3 Å². The summed E-state index contributed by atoms with van der Waals surface area (Å²) >= 11 is 1.20. The van der Waals surface area contributed by atoms with Crippen molar-refractivity contribution in [1.29, 1.82) is 0 Å². The fourth-order valence-corrected chi connectivity index (χ4v) is 3.99. The molecule has 2 aromatic heterocycles. The van der Waals surface area contributed by atoms with Crippen molar-refractivity contribution in [2.75, 3.05) is 6.61 Å². The molecule has 0 radical (unpaired) electrons. The highest BCUT2D eigenvalue weighted by molar-refractivity contribution is 7.14. The first kappa shape index (κ1) is 17.7. The van der Waals surface area contributed by atoms with Crippen molar-refractivity contribution in [2.24, 2.45) is 0 Å². The number of carbonyl (C=O) groups is 1. The molecule has 0 aliphatic carbocycles. The summed E-state index contributed by atoms with van der Waals surface area (Å²) in [6, 6.07) is 5.78. The maximum atomic E-state index is 11.3. The van der Waals surface area contributed by atoms with E-state index in [0.29, 0.717) is 31.0 Å². The molecule has 7 nitrogen and oxygen atoms in total. The van der Waals surface area contributed by atoms with E-state index >= 15 is 0 Å². The van der Waals surface area contributed by atoms with E-state index in [1.807, 2.05) is 24.4 Å². The van der Waals surface area contributed by atoms with Gasteiger partial charge in [0.25, 0.3) is 0 Å². The zero-order chi connectivity index (χ0) is 19.2. The number of carboxylic acid groups (broad SMARTS) is 1. The minimum absolute atomic E-state index is 0.0937. The number of aromatic nitrogens is 3. The average Bonchev–Trinajstić information content (AvgIpc) is 3.17. The van der Waals surface area contributed by atoms with Crippen molar-refractivity contribution in [1.82, 2.24) is 14.8 Å². The number of hydrogen-bond acceptors (Lipinski definition) is 6. The normalized spacial score (nSPS) is 13.4. The van der Waals surface area contributed by atoms with Crippen LogP contribution in [-0.2, 0) is 13.0 Å². The molecule has 3 heterocycles. The molecule has 0 saturated carbocycles. The fraction of sp³-hybridized carbons (Fsp3) is 0.316. The van der Waals surface area contributed by atoms with Gasteiger partial charge in [-0.05, 0) is 31.5 Å². The van der Waals surface area contributed by atoms with E-state index in [4.69, 9.17) is 4.74 Å². The van der Waals surface area contributed by atoms with E-state index in [1.165, 1.54) is 11.3 Å². The lowest BCUT2D eigenvalue weighted by molar-refractivity contribution is 0.0577. The van der Waals surface area contributed by atoms with E-state index in [0.717, 1.165) is 21.6 Å². The van der Waals surface area contributed by atoms with E-state index in [9.17, 15) is 15.0 Å². The number of aliphatic hydroxyl groups is 1. The van der Waals surface area contributed by atoms with Crippen LogP contribution in [0.15, 0.2) is 30.6 Å². The topological polar surface area (TPSA) is 97.5 Å². The van der Waals surface area contributed by atoms with Crippen molar-refractivity contribution in [2.45, 2.75) is 32.4 Å². The number of fused-ring (bicyclic) bond motifs is 3. The molecule has 0 bridgehead atoms. The molecule has 3 aromatic rings. The molecule has 8 heteroatoms.